The van der Waals surface area contributed by atoms with Crippen LogP contribution in [-0.4, -0.2) is 51.1 Å². The van der Waals surface area contributed by atoms with Crippen LogP contribution in [0.1, 0.15) is 37.7 Å². The molecular weight excluding hydrogens is 342 g/mol. The Hall–Kier alpha value is -2.08. The highest BCUT2D eigenvalue weighted by molar-refractivity contribution is 5.93. The highest BCUT2D eigenvalue weighted by Crippen LogP contribution is 2.33. The van der Waals surface area contributed by atoms with E-state index in [1.165, 1.54) is 0 Å². The Balaban J connectivity index is 1.77. The van der Waals surface area contributed by atoms with Crippen LogP contribution in [0, 0.1) is 11.8 Å². The van der Waals surface area contributed by atoms with Gasteiger partial charge in [-0.25, -0.2) is 0 Å². The van der Waals surface area contributed by atoms with Crippen LogP contribution >= 0.6 is 0 Å². The first-order valence-electron chi connectivity index (χ1n) is 9.88. The van der Waals surface area contributed by atoms with Gasteiger partial charge in [0.25, 0.3) is 0 Å². The molecule has 2 saturated carbocycles. The average molecular weight is 373 g/mol. The summed E-state index contributed by atoms with van der Waals surface area (Å²) in [5.41, 5.74) is 2.90. The van der Waals surface area contributed by atoms with Gasteiger partial charge in [-0.2, -0.15) is 0 Å². The van der Waals surface area contributed by atoms with Gasteiger partial charge in [-0.3, -0.25) is 9.59 Å². The SMILES string of the molecule is COCCN(Cc1cc(NC(=O)C2CCC2)ccc1N(C)C)C(=O)C1CC1. The molecule has 6 heteroatoms. The fourth-order valence-corrected chi connectivity index (χ4v) is 3.40. The first-order valence-corrected chi connectivity index (χ1v) is 9.88. The summed E-state index contributed by atoms with van der Waals surface area (Å²) in [5.74, 6) is 0.638. The van der Waals surface area contributed by atoms with E-state index in [0.717, 1.165) is 49.0 Å². The average Bonchev–Trinajstić information content (AvgIpc) is 3.41. The smallest absolute Gasteiger partial charge is 0.227 e. The fourth-order valence-electron chi connectivity index (χ4n) is 3.40. The molecule has 2 amide bonds. The van der Waals surface area contributed by atoms with Crippen molar-refractivity contribution in [3.05, 3.63) is 23.8 Å². The number of amides is 2. The molecule has 148 valence electrons. The first kappa shape index (κ1) is 19.7. The second-order valence-corrected chi connectivity index (χ2v) is 7.88. The molecule has 0 aromatic heterocycles. The zero-order valence-electron chi connectivity index (χ0n) is 16.7. The zero-order chi connectivity index (χ0) is 19.4. The van der Waals surface area contributed by atoms with Gasteiger partial charge >= 0.3 is 0 Å². The van der Waals surface area contributed by atoms with Crippen LogP contribution in [-0.2, 0) is 20.9 Å². The highest BCUT2D eigenvalue weighted by atomic mass is 16.5. The summed E-state index contributed by atoms with van der Waals surface area (Å²) in [6, 6.07) is 5.96. The molecule has 2 aliphatic rings. The molecule has 0 radical (unpaired) electrons. The van der Waals surface area contributed by atoms with Crippen LogP contribution in [0.25, 0.3) is 0 Å². The number of anilines is 2. The Bertz CT molecular complexity index is 681. The molecule has 0 spiro atoms. The Morgan fingerprint density at radius 2 is 1.89 bits per heavy atom. The molecule has 1 aromatic rings. The number of ether oxygens (including phenoxy) is 1. The fraction of sp³-hybridized carbons (Fsp3) is 0.619. The van der Waals surface area contributed by atoms with Gasteiger partial charge in [0, 0.05) is 57.5 Å². The third kappa shape index (κ3) is 5.01. The van der Waals surface area contributed by atoms with E-state index < -0.39 is 0 Å². The second-order valence-electron chi connectivity index (χ2n) is 7.88. The van der Waals surface area contributed by atoms with Crippen molar-refractivity contribution in [2.45, 2.75) is 38.6 Å². The third-order valence-electron chi connectivity index (χ3n) is 5.47. The van der Waals surface area contributed by atoms with E-state index in [4.69, 9.17) is 4.74 Å². The minimum Gasteiger partial charge on any atom is -0.383 e. The van der Waals surface area contributed by atoms with Crippen molar-refractivity contribution in [1.29, 1.82) is 0 Å². The lowest BCUT2D eigenvalue weighted by Crippen LogP contribution is -2.35. The molecule has 2 aliphatic carbocycles. The molecule has 3 rings (SSSR count). The molecule has 27 heavy (non-hydrogen) atoms. The first-order chi connectivity index (χ1) is 13.0. The second kappa shape index (κ2) is 8.74. The van der Waals surface area contributed by atoms with Gasteiger partial charge in [-0.15, -0.1) is 0 Å². The van der Waals surface area contributed by atoms with Crippen LogP contribution in [0.15, 0.2) is 18.2 Å². The van der Waals surface area contributed by atoms with E-state index in [2.05, 4.69) is 5.32 Å². The number of carbonyl (C=O) groups is 2. The normalized spacial score (nSPS) is 16.6. The molecule has 1 aromatic carbocycles. The molecule has 0 saturated heterocycles. The predicted molar refractivity (Wildman–Crippen MR) is 107 cm³/mol. The van der Waals surface area contributed by atoms with Crippen molar-refractivity contribution >= 4 is 23.2 Å². The molecule has 1 N–H and O–H groups in total. The Morgan fingerprint density at radius 1 is 1.15 bits per heavy atom. The number of hydrogen-bond acceptors (Lipinski definition) is 4. The Morgan fingerprint density at radius 3 is 2.44 bits per heavy atom. The zero-order valence-corrected chi connectivity index (χ0v) is 16.7. The van der Waals surface area contributed by atoms with Crippen molar-refractivity contribution in [2.75, 3.05) is 44.6 Å². The van der Waals surface area contributed by atoms with Crippen molar-refractivity contribution in [3.8, 4) is 0 Å². The number of nitrogens with one attached hydrogen (secondary N) is 1. The van der Waals surface area contributed by atoms with E-state index in [1.54, 1.807) is 7.11 Å². The number of methoxy groups -OCH3 is 1. The van der Waals surface area contributed by atoms with Gasteiger partial charge in [-0.05, 0) is 49.4 Å². The highest BCUT2D eigenvalue weighted by Gasteiger charge is 2.33. The lowest BCUT2D eigenvalue weighted by molar-refractivity contribution is -0.133. The summed E-state index contributed by atoms with van der Waals surface area (Å²) in [6.45, 7) is 1.63. The summed E-state index contributed by atoms with van der Waals surface area (Å²) in [4.78, 5) is 28.9. The predicted octanol–water partition coefficient (Wildman–Crippen LogP) is 2.88. The van der Waals surface area contributed by atoms with E-state index in [0.29, 0.717) is 19.7 Å². The maximum atomic E-state index is 12.7. The Kier molecular flexibility index (Phi) is 6.37. The minimum absolute atomic E-state index is 0.107. The summed E-state index contributed by atoms with van der Waals surface area (Å²) in [6.07, 6.45) is 5.08. The van der Waals surface area contributed by atoms with E-state index in [1.807, 2.05) is 42.1 Å². The van der Waals surface area contributed by atoms with Crippen molar-refractivity contribution in [2.24, 2.45) is 11.8 Å². The third-order valence-corrected chi connectivity index (χ3v) is 5.47. The molecule has 0 unspecified atom stereocenters. The molecule has 0 heterocycles. The number of benzene rings is 1. The van der Waals surface area contributed by atoms with Crippen molar-refractivity contribution < 1.29 is 14.3 Å². The number of nitrogens with zero attached hydrogens (tertiary/aromatic N) is 2. The molecule has 0 atom stereocenters. The van der Waals surface area contributed by atoms with Crippen molar-refractivity contribution in [3.63, 3.8) is 0 Å². The summed E-state index contributed by atoms with van der Waals surface area (Å²) in [5, 5.41) is 3.05. The van der Waals surface area contributed by atoms with E-state index in [-0.39, 0.29) is 23.7 Å². The maximum absolute atomic E-state index is 12.7. The monoisotopic (exact) mass is 373 g/mol. The lowest BCUT2D eigenvalue weighted by atomic mass is 9.85. The Labute approximate surface area is 161 Å². The van der Waals surface area contributed by atoms with Crippen LogP contribution in [0.5, 0.6) is 0 Å². The topological polar surface area (TPSA) is 61.9 Å². The van der Waals surface area contributed by atoms with Crippen LogP contribution < -0.4 is 10.2 Å². The van der Waals surface area contributed by atoms with Crippen LogP contribution in [0.4, 0.5) is 11.4 Å². The van der Waals surface area contributed by atoms with Crippen LogP contribution in [0.2, 0.25) is 0 Å². The summed E-state index contributed by atoms with van der Waals surface area (Å²) < 4.78 is 5.20. The van der Waals surface area contributed by atoms with Crippen molar-refractivity contribution in [1.82, 2.24) is 4.90 Å². The molecule has 6 nitrogen and oxygen atoms in total. The quantitative estimate of drug-likeness (QED) is 0.723. The maximum Gasteiger partial charge on any atom is 0.227 e. The van der Waals surface area contributed by atoms with Gasteiger partial charge in [0.15, 0.2) is 0 Å². The molecule has 2 fully saturated rings. The molecular formula is C21H31N3O3. The van der Waals surface area contributed by atoms with Gasteiger partial charge < -0.3 is 19.9 Å². The molecule has 0 aliphatic heterocycles. The van der Waals surface area contributed by atoms with Gasteiger partial charge in [0.05, 0.1) is 6.61 Å². The van der Waals surface area contributed by atoms with E-state index >= 15 is 0 Å². The summed E-state index contributed by atoms with van der Waals surface area (Å²) in [7, 11) is 5.64. The molecule has 0 bridgehead atoms. The number of carbonyl (C=O) groups excluding carboxylic acids is 2. The minimum atomic E-state index is 0.107. The standard InChI is InChI=1S/C21H31N3O3/c1-23(2)19-10-9-18(22-20(25)15-5-4-6-15)13-17(19)14-24(11-12-27-3)21(26)16-7-8-16/h9-10,13,15-16H,4-8,11-12,14H2,1-3H3,(H,22,25). The summed E-state index contributed by atoms with van der Waals surface area (Å²) >= 11 is 0. The number of rotatable bonds is 9. The van der Waals surface area contributed by atoms with Gasteiger partial charge in [-0.1, -0.05) is 6.42 Å². The van der Waals surface area contributed by atoms with Gasteiger partial charge in [0.2, 0.25) is 11.8 Å². The largest absolute Gasteiger partial charge is 0.383 e. The lowest BCUT2D eigenvalue weighted by Gasteiger charge is -2.27. The van der Waals surface area contributed by atoms with Crippen LogP contribution in [0.3, 0.4) is 0 Å². The number of hydrogen-bond donors (Lipinski definition) is 1. The van der Waals surface area contributed by atoms with Gasteiger partial charge in [0.1, 0.15) is 0 Å². The van der Waals surface area contributed by atoms with E-state index in [9.17, 15) is 9.59 Å².